The first-order valence-electron chi connectivity index (χ1n) is 8.30. The SMILES string of the molecule is COc1ccc(OC)c(C(=O)N2CCCC2Cc2ccccc2)c1. The van der Waals surface area contributed by atoms with Crippen LogP contribution in [0.3, 0.4) is 0 Å². The van der Waals surface area contributed by atoms with Crippen molar-refractivity contribution in [3.63, 3.8) is 0 Å². The molecule has 2 aromatic carbocycles. The molecule has 1 amide bonds. The van der Waals surface area contributed by atoms with Gasteiger partial charge in [0, 0.05) is 12.6 Å². The summed E-state index contributed by atoms with van der Waals surface area (Å²) < 4.78 is 10.6. The zero-order valence-corrected chi connectivity index (χ0v) is 14.2. The van der Waals surface area contributed by atoms with E-state index in [9.17, 15) is 4.79 Å². The minimum absolute atomic E-state index is 0.0178. The Labute approximate surface area is 143 Å². The zero-order valence-electron chi connectivity index (χ0n) is 14.2. The van der Waals surface area contributed by atoms with Crippen LogP contribution < -0.4 is 9.47 Å². The molecule has 24 heavy (non-hydrogen) atoms. The van der Waals surface area contributed by atoms with E-state index in [1.807, 2.05) is 23.1 Å². The molecule has 1 fully saturated rings. The standard InChI is InChI=1S/C20H23NO3/c1-23-17-10-11-19(24-2)18(14-17)20(22)21-12-6-9-16(21)13-15-7-4-3-5-8-15/h3-5,7-8,10-11,14,16H,6,9,12-13H2,1-2H3. The number of carbonyl (C=O) groups excluding carboxylic acids is 1. The quantitative estimate of drug-likeness (QED) is 0.844. The lowest BCUT2D eigenvalue weighted by Gasteiger charge is -2.26. The van der Waals surface area contributed by atoms with Crippen molar-refractivity contribution < 1.29 is 14.3 Å². The minimum Gasteiger partial charge on any atom is -0.497 e. The number of hydrogen-bond acceptors (Lipinski definition) is 3. The van der Waals surface area contributed by atoms with Gasteiger partial charge in [-0.1, -0.05) is 30.3 Å². The Hall–Kier alpha value is -2.49. The highest BCUT2D eigenvalue weighted by Crippen LogP contribution is 2.29. The minimum atomic E-state index is 0.0178. The van der Waals surface area contributed by atoms with Crippen LogP contribution in [0.2, 0.25) is 0 Å². The fourth-order valence-corrected chi connectivity index (χ4v) is 3.34. The molecule has 4 nitrogen and oxygen atoms in total. The number of benzene rings is 2. The number of carbonyl (C=O) groups is 1. The molecule has 3 rings (SSSR count). The van der Waals surface area contributed by atoms with Crippen molar-refractivity contribution in [2.45, 2.75) is 25.3 Å². The van der Waals surface area contributed by atoms with Crippen molar-refractivity contribution in [1.82, 2.24) is 4.90 Å². The molecule has 1 aliphatic rings. The van der Waals surface area contributed by atoms with Gasteiger partial charge in [-0.3, -0.25) is 4.79 Å². The third-order valence-corrected chi connectivity index (χ3v) is 4.59. The van der Waals surface area contributed by atoms with Crippen LogP contribution in [-0.2, 0) is 6.42 Å². The largest absolute Gasteiger partial charge is 0.497 e. The third kappa shape index (κ3) is 3.37. The van der Waals surface area contributed by atoms with Crippen LogP contribution in [0.15, 0.2) is 48.5 Å². The van der Waals surface area contributed by atoms with Gasteiger partial charge < -0.3 is 14.4 Å². The van der Waals surface area contributed by atoms with Gasteiger partial charge in [0.25, 0.3) is 5.91 Å². The molecule has 0 aromatic heterocycles. The molecule has 4 heteroatoms. The van der Waals surface area contributed by atoms with E-state index < -0.39 is 0 Å². The topological polar surface area (TPSA) is 38.8 Å². The first-order valence-corrected chi connectivity index (χ1v) is 8.30. The Kier molecular flexibility index (Phi) is 5.04. The maximum absolute atomic E-state index is 13.1. The Morgan fingerprint density at radius 1 is 1.12 bits per heavy atom. The Balaban J connectivity index is 1.83. The van der Waals surface area contributed by atoms with Crippen molar-refractivity contribution in [2.75, 3.05) is 20.8 Å². The van der Waals surface area contributed by atoms with E-state index in [-0.39, 0.29) is 11.9 Å². The van der Waals surface area contributed by atoms with Crippen molar-refractivity contribution in [3.05, 3.63) is 59.7 Å². The molecule has 1 saturated heterocycles. The van der Waals surface area contributed by atoms with E-state index in [2.05, 4.69) is 12.1 Å². The predicted molar refractivity (Wildman–Crippen MR) is 93.8 cm³/mol. The molecule has 1 atom stereocenters. The summed E-state index contributed by atoms with van der Waals surface area (Å²) in [6.45, 7) is 0.788. The van der Waals surface area contributed by atoms with Crippen LogP contribution in [0.4, 0.5) is 0 Å². The lowest BCUT2D eigenvalue weighted by Crippen LogP contribution is -2.37. The Bertz CT molecular complexity index is 699. The van der Waals surface area contributed by atoms with E-state index in [1.165, 1.54) is 5.56 Å². The molecule has 0 aliphatic carbocycles. The second kappa shape index (κ2) is 7.39. The van der Waals surface area contributed by atoms with Crippen LogP contribution in [0.1, 0.15) is 28.8 Å². The summed E-state index contributed by atoms with van der Waals surface area (Å²) in [5, 5.41) is 0. The average molecular weight is 325 g/mol. The summed E-state index contributed by atoms with van der Waals surface area (Å²) in [4.78, 5) is 15.1. The molecule has 0 radical (unpaired) electrons. The summed E-state index contributed by atoms with van der Waals surface area (Å²) in [7, 11) is 3.19. The van der Waals surface area contributed by atoms with E-state index in [1.54, 1.807) is 32.4 Å². The number of ether oxygens (including phenoxy) is 2. The highest BCUT2D eigenvalue weighted by molar-refractivity contribution is 5.97. The lowest BCUT2D eigenvalue weighted by atomic mass is 10.0. The summed E-state index contributed by atoms with van der Waals surface area (Å²) in [6, 6.07) is 15.9. The van der Waals surface area contributed by atoms with Gasteiger partial charge in [-0.15, -0.1) is 0 Å². The van der Waals surface area contributed by atoms with Gasteiger partial charge in [-0.2, -0.15) is 0 Å². The molecular weight excluding hydrogens is 302 g/mol. The highest BCUT2D eigenvalue weighted by atomic mass is 16.5. The number of methoxy groups -OCH3 is 2. The summed E-state index contributed by atoms with van der Waals surface area (Å²) >= 11 is 0. The van der Waals surface area contributed by atoms with Gasteiger partial charge in [0.1, 0.15) is 11.5 Å². The maximum Gasteiger partial charge on any atom is 0.258 e. The van der Waals surface area contributed by atoms with E-state index in [4.69, 9.17) is 9.47 Å². The smallest absolute Gasteiger partial charge is 0.258 e. The second-order valence-corrected chi connectivity index (χ2v) is 6.05. The summed E-state index contributed by atoms with van der Waals surface area (Å²) in [6.07, 6.45) is 2.96. The normalized spacial score (nSPS) is 16.9. The number of amides is 1. The number of hydrogen-bond donors (Lipinski definition) is 0. The van der Waals surface area contributed by atoms with Crippen molar-refractivity contribution >= 4 is 5.91 Å². The molecule has 126 valence electrons. The number of nitrogens with zero attached hydrogens (tertiary/aromatic N) is 1. The first-order chi connectivity index (χ1) is 11.7. The number of rotatable bonds is 5. The van der Waals surface area contributed by atoms with E-state index in [0.29, 0.717) is 17.1 Å². The van der Waals surface area contributed by atoms with Gasteiger partial charge >= 0.3 is 0 Å². The fraction of sp³-hybridized carbons (Fsp3) is 0.350. The Morgan fingerprint density at radius 3 is 2.62 bits per heavy atom. The molecular formula is C20H23NO3. The zero-order chi connectivity index (χ0) is 16.9. The molecule has 1 unspecified atom stereocenters. The van der Waals surface area contributed by atoms with Crippen LogP contribution >= 0.6 is 0 Å². The molecule has 1 aliphatic heterocycles. The molecule has 0 saturated carbocycles. The highest BCUT2D eigenvalue weighted by Gasteiger charge is 2.31. The lowest BCUT2D eigenvalue weighted by molar-refractivity contribution is 0.0732. The van der Waals surface area contributed by atoms with Crippen LogP contribution in [0.5, 0.6) is 11.5 Å². The monoisotopic (exact) mass is 325 g/mol. The molecule has 2 aromatic rings. The van der Waals surface area contributed by atoms with E-state index in [0.717, 1.165) is 25.8 Å². The van der Waals surface area contributed by atoms with Crippen molar-refractivity contribution in [2.24, 2.45) is 0 Å². The van der Waals surface area contributed by atoms with Gasteiger partial charge in [0.2, 0.25) is 0 Å². The van der Waals surface area contributed by atoms with Crippen molar-refractivity contribution in [1.29, 1.82) is 0 Å². The Morgan fingerprint density at radius 2 is 1.92 bits per heavy atom. The molecule has 0 spiro atoms. The second-order valence-electron chi connectivity index (χ2n) is 6.05. The van der Waals surface area contributed by atoms with Gasteiger partial charge in [-0.05, 0) is 43.0 Å². The molecule has 1 heterocycles. The van der Waals surface area contributed by atoms with Crippen LogP contribution in [0.25, 0.3) is 0 Å². The maximum atomic E-state index is 13.1. The third-order valence-electron chi connectivity index (χ3n) is 4.59. The van der Waals surface area contributed by atoms with Crippen LogP contribution in [-0.4, -0.2) is 37.6 Å². The molecule has 0 N–H and O–H groups in total. The number of likely N-dealkylation sites (tertiary alicyclic amines) is 1. The van der Waals surface area contributed by atoms with Crippen LogP contribution in [0, 0.1) is 0 Å². The van der Waals surface area contributed by atoms with Gasteiger partial charge in [0.15, 0.2) is 0 Å². The fourth-order valence-electron chi connectivity index (χ4n) is 3.34. The first kappa shape index (κ1) is 16.4. The van der Waals surface area contributed by atoms with Gasteiger partial charge in [-0.25, -0.2) is 0 Å². The summed E-state index contributed by atoms with van der Waals surface area (Å²) in [5.41, 5.74) is 1.83. The summed E-state index contributed by atoms with van der Waals surface area (Å²) in [5.74, 6) is 1.27. The van der Waals surface area contributed by atoms with Gasteiger partial charge in [0.05, 0.1) is 19.8 Å². The van der Waals surface area contributed by atoms with Crippen molar-refractivity contribution in [3.8, 4) is 11.5 Å². The van der Waals surface area contributed by atoms with E-state index >= 15 is 0 Å². The molecule has 0 bridgehead atoms. The predicted octanol–water partition coefficient (Wildman–Crippen LogP) is 3.55. The average Bonchev–Trinajstić information content (AvgIpc) is 3.09.